The van der Waals surface area contributed by atoms with E-state index in [1.807, 2.05) is 0 Å². The zero-order valence-corrected chi connectivity index (χ0v) is 15.3. The highest BCUT2D eigenvalue weighted by Gasteiger charge is 2.38. The number of likely N-dealkylation sites (tertiary alicyclic amines) is 1. The molecule has 23 heavy (non-hydrogen) atoms. The van der Waals surface area contributed by atoms with Crippen LogP contribution in [0.2, 0.25) is 0 Å². The lowest BCUT2D eigenvalue weighted by Gasteiger charge is -2.22. The molecule has 1 aromatic rings. The fraction of sp³-hybridized carbons (Fsp3) is 0.800. The molecule has 1 aromatic heterocycles. The van der Waals surface area contributed by atoms with Crippen molar-refractivity contribution in [2.45, 2.75) is 38.6 Å². The summed E-state index contributed by atoms with van der Waals surface area (Å²) in [4.78, 5) is 2.41. The molecule has 2 atom stereocenters. The van der Waals surface area contributed by atoms with Gasteiger partial charge in [-0.2, -0.15) is 0 Å². The standard InChI is InChI=1S/C15H27N3O4S/c1-10(2)13-8-18(6-7-21-5)9-14(13)17-23(19,20)15-11(3)16-22-12(15)4/h10,13-14,17H,6-9H2,1-5H3/t13-,14+/m0/s1. The van der Waals surface area contributed by atoms with Crippen molar-refractivity contribution < 1.29 is 17.7 Å². The highest BCUT2D eigenvalue weighted by Crippen LogP contribution is 2.27. The number of sulfonamides is 1. The van der Waals surface area contributed by atoms with E-state index in [1.165, 1.54) is 0 Å². The van der Waals surface area contributed by atoms with E-state index >= 15 is 0 Å². The third-order valence-electron chi connectivity index (χ3n) is 4.45. The zero-order valence-electron chi connectivity index (χ0n) is 14.5. The second kappa shape index (κ2) is 7.29. The van der Waals surface area contributed by atoms with E-state index in [0.717, 1.165) is 13.1 Å². The monoisotopic (exact) mass is 345 g/mol. The van der Waals surface area contributed by atoms with Crippen LogP contribution in [-0.4, -0.2) is 57.9 Å². The van der Waals surface area contributed by atoms with Crippen LogP contribution in [-0.2, 0) is 14.8 Å². The number of nitrogens with zero attached hydrogens (tertiary/aromatic N) is 2. The van der Waals surface area contributed by atoms with Gasteiger partial charge in [0, 0.05) is 32.8 Å². The van der Waals surface area contributed by atoms with Gasteiger partial charge in [0.1, 0.15) is 10.6 Å². The lowest BCUT2D eigenvalue weighted by molar-refractivity contribution is 0.157. The van der Waals surface area contributed by atoms with Gasteiger partial charge in [0.25, 0.3) is 0 Å². The van der Waals surface area contributed by atoms with Gasteiger partial charge in [0.2, 0.25) is 10.0 Å². The molecule has 2 rings (SSSR count). The SMILES string of the molecule is COCCN1C[C@@H](NS(=O)(=O)c2c(C)noc2C)[C@H](C(C)C)C1. The van der Waals surface area contributed by atoms with Crippen molar-refractivity contribution in [2.24, 2.45) is 11.8 Å². The van der Waals surface area contributed by atoms with Crippen LogP contribution in [0.1, 0.15) is 25.3 Å². The maximum atomic E-state index is 12.7. The Balaban J connectivity index is 2.16. The predicted molar refractivity (Wildman–Crippen MR) is 86.7 cm³/mol. The molecular formula is C15H27N3O4S. The maximum Gasteiger partial charge on any atom is 0.246 e. The van der Waals surface area contributed by atoms with Gasteiger partial charge in [-0.05, 0) is 25.7 Å². The number of aromatic nitrogens is 1. The average Bonchev–Trinajstić information content (AvgIpc) is 3.00. The van der Waals surface area contributed by atoms with Gasteiger partial charge in [-0.15, -0.1) is 0 Å². The summed E-state index contributed by atoms with van der Waals surface area (Å²) in [5.74, 6) is 0.979. The van der Waals surface area contributed by atoms with Crippen LogP contribution in [0, 0.1) is 25.7 Å². The lowest BCUT2D eigenvalue weighted by atomic mass is 9.92. The zero-order chi connectivity index (χ0) is 17.2. The quantitative estimate of drug-likeness (QED) is 0.799. The largest absolute Gasteiger partial charge is 0.383 e. The second-order valence-electron chi connectivity index (χ2n) is 6.54. The van der Waals surface area contributed by atoms with Crippen LogP contribution < -0.4 is 4.72 Å². The van der Waals surface area contributed by atoms with E-state index in [1.54, 1.807) is 21.0 Å². The van der Waals surface area contributed by atoms with Gasteiger partial charge in [0.15, 0.2) is 5.76 Å². The molecule has 0 spiro atoms. The van der Waals surface area contributed by atoms with Crippen LogP contribution >= 0.6 is 0 Å². The Morgan fingerprint density at radius 3 is 2.61 bits per heavy atom. The minimum atomic E-state index is -3.64. The molecule has 7 nitrogen and oxygen atoms in total. The van der Waals surface area contributed by atoms with E-state index in [0.29, 0.717) is 30.5 Å². The Bertz CT molecular complexity index is 607. The molecule has 0 amide bonds. The highest BCUT2D eigenvalue weighted by atomic mass is 32.2. The number of methoxy groups -OCH3 is 1. The minimum Gasteiger partial charge on any atom is -0.383 e. The Labute approximate surface area is 138 Å². The number of rotatable bonds is 7. The van der Waals surface area contributed by atoms with E-state index in [9.17, 15) is 8.42 Å². The fourth-order valence-electron chi connectivity index (χ4n) is 3.23. The lowest BCUT2D eigenvalue weighted by Crippen LogP contribution is -2.42. The topological polar surface area (TPSA) is 84.7 Å². The summed E-state index contributed by atoms with van der Waals surface area (Å²) >= 11 is 0. The number of hydrogen-bond donors (Lipinski definition) is 1. The number of nitrogens with one attached hydrogen (secondary N) is 1. The van der Waals surface area contributed by atoms with Gasteiger partial charge in [-0.1, -0.05) is 19.0 Å². The molecule has 1 saturated heterocycles. The Morgan fingerprint density at radius 2 is 2.09 bits per heavy atom. The average molecular weight is 345 g/mol. The molecule has 8 heteroatoms. The van der Waals surface area contributed by atoms with Crippen molar-refractivity contribution in [3.05, 3.63) is 11.5 Å². The summed E-state index contributed by atoms with van der Waals surface area (Å²) < 4.78 is 38.4. The first-order valence-corrected chi connectivity index (χ1v) is 9.41. The summed E-state index contributed by atoms with van der Waals surface area (Å²) in [5, 5.41) is 3.75. The van der Waals surface area contributed by atoms with Gasteiger partial charge in [-0.25, -0.2) is 13.1 Å². The first-order valence-electron chi connectivity index (χ1n) is 7.92. The molecule has 1 aliphatic heterocycles. The molecule has 0 radical (unpaired) electrons. The van der Waals surface area contributed by atoms with Crippen molar-refractivity contribution in [1.29, 1.82) is 0 Å². The van der Waals surface area contributed by atoms with E-state index in [4.69, 9.17) is 9.26 Å². The number of hydrogen-bond acceptors (Lipinski definition) is 6. The molecular weight excluding hydrogens is 318 g/mol. The summed E-state index contributed by atoms with van der Waals surface area (Å²) in [6.07, 6.45) is 0. The van der Waals surface area contributed by atoms with Gasteiger partial charge < -0.3 is 9.26 Å². The second-order valence-corrected chi connectivity index (χ2v) is 8.19. The predicted octanol–water partition coefficient (Wildman–Crippen LogP) is 1.17. The smallest absolute Gasteiger partial charge is 0.246 e. The number of ether oxygens (including phenoxy) is 1. The molecule has 0 saturated carbocycles. The van der Waals surface area contributed by atoms with Crippen molar-refractivity contribution in [1.82, 2.24) is 14.8 Å². The van der Waals surface area contributed by atoms with Crippen LogP contribution in [0.4, 0.5) is 0 Å². The first-order chi connectivity index (χ1) is 10.8. The van der Waals surface area contributed by atoms with Crippen LogP contribution in [0.5, 0.6) is 0 Å². The summed E-state index contributed by atoms with van der Waals surface area (Å²) in [7, 11) is -1.96. The van der Waals surface area contributed by atoms with Crippen molar-refractivity contribution in [3.63, 3.8) is 0 Å². The normalized spacial score (nSPS) is 23.0. The third-order valence-corrected chi connectivity index (χ3v) is 6.19. The summed E-state index contributed by atoms with van der Waals surface area (Å²) in [5.41, 5.74) is 0.394. The first kappa shape index (κ1) is 18.4. The third kappa shape index (κ3) is 4.12. The molecule has 1 N–H and O–H groups in total. The van der Waals surface area contributed by atoms with E-state index in [2.05, 4.69) is 28.6 Å². The van der Waals surface area contributed by atoms with Crippen molar-refractivity contribution >= 4 is 10.0 Å². The van der Waals surface area contributed by atoms with Crippen LogP contribution in [0.3, 0.4) is 0 Å². The van der Waals surface area contributed by atoms with E-state index < -0.39 is 10.0 Å². The molecule has 0 unspecified atom stereocenters. The van der Waals surface area contributed by atoms with E-state index in [-0.39, 0.29) is 16.9 Å². The number of aryl methyl sites for hydroxylation is 2. The van der Waals surface area contributed by atoms with Crippen molar-refractivity contribution in [3.8, 4) is 0 Å². The Hall–Kier alpha value is -0.960. The van der Waals surface area contributed by atoms with Gasteiger partial charge in [0.05, 0.1) is 6.61 Å². The molecule has 0 bridgehead atoms. The Kier molecular flexibility index (Phi) is 5.83. The molecule has 1 aliphatic rings. The van der Waals surface area contributed by atoms with Gasteiger partial charge >= 0.3 is 0 Å². The summed E-state index contributed by atoms with van der Waals surface area (Å²) in [6.45, 7) is 10.5. The Morgan fingerprint density at radius 1 is 1.39 bits per heavy atom. The minimum absolute atomic E-state index is 0.120. The van der Waals surface area contributed by atoms with Crippen molar-refractivity contribution in [2.75, 3.05) is 33.4 Å². The molecule has 0 aromatic carbocycles. The fourth-order valence-corrected chi connectivity index (χ4v) is 4.84. The van der Waals surface area contributed by atoms with Gasteiger partial charge in [-0.3, -0.25) is 4.90 Å². The maximum absolute atomic E-state index is 12.7. The van der Waals surface area contributed by atoms with Crippen LogP contribution in [0.15, 0.2) is 9.42 Å². The molecule has 1 fully saturated rings. The molecule has 0 aliphatic carbocycles. The summed E-state index contributed by atoms with van der Waals surface area (Å²) in [6, 6.07) is -0.120. The van der Waals surface area contributed by atoms with Crippen LogP contribution in [0.25, 0.3) is 0 Å². The molecule has 2 heterocycles. The molecule has 132 valence electrons. The highest BCUT2D eigenvalue weighted by molar-refractivity contribution is 7.89.